The molecule has 0 saturated carbocycles. The molecule has 9 nitrogen and oxygen atoms in total. The standard InChI is InChI=1S/C58H49N7O2/c1-34-5-13-38(14-6-34)54-45-25-27-47(62-45)55(39-15-7-35(2)8-16-39)49-29-31-51(64-49)57(52-32-30-50(65-52)56(48-28-26-46(54)63-48)40-17-9-36(3)10-18-40)41-19-23-42(24-20-41)60-53(66)33-44(59)58(67)61-43-21-11-37(4)12-22-43/h5-32,44,62,65H,33,59H2,1-4H3,(H,60,66)(H,61,67)/t44-/m0/s1. The summed E-state index contributed by atoms with van der Waals surface area (Å²) in [7, 11) is 0. The molecule has 67 heavy (non-hydrogen) atoms. The summed E-state index contributed by atoms with van der Waals surface area (Å²) in [4.78, 5) is 44.5. The van der Waals surface area contributed by atoms with Crippen molar-refractivity contribution in [2.75, 3.05) is 10.6 Å². The maximum absolute atomic E-state index is 13.2. The molecule has 1 atom stereocenters. The number of aromatic nitrogens is 4. The van der Waals surface area contributed by atoms with Crippen LogP contribution in [0.25, 0.3) is 90.9 Å². The third kappa shape index (κ3) is 8.88. The fourth-order valence-corrected chi connectivity index (χ4v) is 8.68. The quantitative estimate of drug-likeness (QED) is 0.0982. The van der Waals surface area contributed by atoms with Gasteiger partial charge in [0.05, 0.1) is 35.2 Å². The normalized spacial score (nSPS) is 12.3. The number of anilines is 2. The molecule has 5 heterocycles. The van der Waals surface area contributed by atoms with Gasteiger partial charge < -0.3 is 26.3 Å². The number of H-pyrrole nitrogens is 2. The first-order chi connectivity index (χ1) is 32.5. The van der Waals surface area contributed by atoms with Gasteiger partial charge >= 0.3 is 0 Å². The Morgan fingerprint density at radius 3 is 1.06 bits per heavy atom. The highest BCUT2D eigenvalue weighted by molar-refractivity contribution is 6.02. The van der Waals surface area contributed by atoms with Crippen LogP contribution in [-0.2, 0) is 9.59 Å². The van der Waals surface area contributed by atoms with E-state index in [9.17, 15) is 9.59 Å². The van der Waals surface area contributed by atoms with E-state index in [1.54, 1.807) is 12.1 Å². The Morgan fingerprint density at radius 1 is 0.433 bits per heavy atom. The van der Waals surface area contributed by atoms with Crippen molar-refractivity contribution < 1.29 is 9.59 Å². The average molecular weight is 876 g/mol. The molecule has 8 aromatic rings. The molecule has 8 bridgehead atoms. The zero-order chi connectivity index (χ0) is 46.2. The van der Waals surface area contributed by atoms with Crippen molar-refractivity contribution in [3.8, 4) is 44.5 Å². The van der Waals surface area contributed by atoms with Gasteiger partial charge in [-0.1, -0.05) is 119 Å². The van der Waals surface area contributed by atoms with Gasteiger partial charge in [-0.2, -0.15) is 0 Å². The highest BCUT2D eigenvalue weighted by Crippen LogP contribution is 2.39. The van der Waals surface area contributed by atoms with Crippen LogP contribution in [0.3, 0.4) is 0 Å². The number of benzene rings is 5. The number of fused-ring (bicyclic) bond motifs is 8. The van der Waals surface area contributed by atoms with E-state index < -0.39 is 11.9 Å². The van der Waals surface area contributed by atoms with Crippen LogP contribution >= 0.6 is 0 Å². The van der Waals surface area contributed by atoms with Crippen molar-refractivity contribution in [3.05, 3.63) is 191 Å². The minimum Gasteiger partial charge on any atom is -0.354 e. The molecule has 0 aliphatic carbocycles. The molecule has 10 rings (SSSR count). The molecule has 9 heteroatoms. The van der Waals surface area contributed by atoms with Crippen LogP contribution < -0.4 is 16.4 Å². The second kappa shape index (κ2) is 17.9. The molecule has 0 unspecified atom stereocenters. The molecular formula is C58H49N7O2. The number of aromatic amines is 2. The number of hydrogen-bond acceptors (Lipinski definition) is 5. The summed E-state index contributed by atoms with van der Waals surface area (Å²) in [5, 5.41) is 5.73. The molecule has 328 valence electrons. The zero-order valence-corrected chi connectivity index (χ0v) is 37.7. The molecule has 0 saturated heterocycles. The Hall–Kier alpha value is -8.40. The number of carbonyl (C=O) groups excluding carboxylic acids is 2. The van der Waals surface area contributed by atoms with Gasteiger partial charge in [0.15, 0.2) is 0 Å². The Labute approximate surface area is 389 Å². The van der Waals surface area contributed by atoms with Gasteiger partial charge in [0.25, 0.3) is 0 Å². The largest absolute Gasteiger partial charge is 0.354 e. The van der Waals surface area contributed by atoms with Crippen LogP contribution in [0.1, 0.15) is 51.5 Å². The number of hydrogen-bond donors (Lipinski definition) is 5. The van der Waals surface area contributed by atoms with Crippen molar-refractivity contribution in [3.63, 3.8) is 0 Å². The Bertz CT molecular complexity index is 3390. The van der Waals surface area contributed by atoms with E-state index in [0.717, 1.165) is 94.9 Å². The van der Waals surface area contributed by atoms with Crippen molar-refractivity contribution >= 4 is 69.6 Å². The maximum Gasteiger partial charge on any atom is 0.241 e. The monoisotopic (exact) mass is 875 g/mol. The van der Waals surface area contributed by atoms with E-state index in [2.05, 4.69) is 163 Å². The van der Waals surface area contributed by atoms with Crippen molar-refractivity contribution in [2.24, 2.45) is 5.73 Å². The summed E-state index contributed by atoms with van der Waals surface area (Å²) in [6, 6.07) is 48.2. The molecule has 0 spiro atoms. The van der Waals surface area contributed by atoms with E-state index in [-0.39, 0.29) is 12.3 Å². The van der Waals surface area contributed by atoms with Crippen LogP contribution in [0.15, 0.2) is 146 Å². The maximum atomic E-state index is 13.2. The van der Waals surface area contributed by atoms with Crippen molar-refractivity contribution in [1.29, 1.82) is 0 Å². The highest BCUT2D eigenvalue weighted by atomic mass is 16.2. The smallest absolute Gasteiger partial charge is 0.241 e. The van der Waals surface area contributed by atoms with E-state index in [4.69, 9.17) is 15.7 Å². The molecule has 2 amide bonds. The minimum atomic E-state index is -1.03. The predicted octanol–water partition coefficient (Wildman–Crippen LogP) is 12.9. The Kier molecular flexibility index (Phi) is 11.4. The van der Waals surface area contributed by atoms with Crippen molar-refractivity contribution in [2.45, 2.75) is 40.2 Å². The summed E-state index contributed by atoms with van der Waals surface area (Å²) in [5.74, 6) is -0.799. The summed E-state index contributed by atoms with van der Waals surface area (Å²) in [6.07, 6.45) is 8.19. The molecule has 5 aromatic carbocycles. The summed E-state index contributed by atoms with van der Waals surface area (Å²) >= 11 is 0. The van der Waals surface area contributed by atoms with E-state index >= 15 is 0 Å². The van der Waals surface area contributed by atoms with Crippen LogP contribution in [0.5, 0.6) is 0 Å². The number of aryl methyl sites for hydroxylation is 4. The second-order valence-electron chi connectivity index (χ2n) is 17.4. The molecule has 0 radical (unpaired) electrons. The lowest BCUT2D eigenvalue weighted by Gasteiger charge is -2.13. The van der Waals surface area contributed by atoms with Crippen LogP contribution in [0, 0.1) is 27.7 Å². The third-order valence-electron chi connectivity index (χ3n) is 12.3. The lowest BCUT2D eigenvalue weighted by molar-refractivity contribution is -0.122. The van der Waals surface area contributed by atoms with Gasteiger partial charge in [-0.05, 0) is 123 Å². The third-order valence-corrected chi connectivity index (χ3v) is 12.3. The number of nitrogens with two attached hydrogens (primary N) is 1. The number of rotatable bonds is 9. The molecule has 6 N–H and O–H groups in total. The Balaban J connectivity index is 1.14. The average Bonchev–Trinajstić information content (AvgIpc) is 4.18. The van der Waals surface area contributed by atoms with E-state index in [1.165, 1.54) is 16.7 Å². The SMILES string of the molecule is Cc1ccc(NC(=O)[C@@H](N)CC(=O)Nc2ccc(-c3c4nc(c(-c5ccc(C)cc5)c5ccc([nH]5)c(-c5ccc(C)cc5)c5nc(c(-c6ccc(C)cc6)c6ccc3[nH]6)C=C5)C=C4)cc2)cc1. The fourth-order valence-electron chi connectivity index (χ4n) is 8.68. The first kappa shape index (κ1) is 42.5. The van der Waals surface area contributed by atoms with Gasteiger partial charge in [0.1, 0.15) is 0 Å². The van der Waals surface area contributed by atoms with Gasteiger partial charge in [-0.15, -0.1) is 0 Å². The molecule has 0 fully saturated rings. The topological polar surface area (TPSA) is 142 Å². The lowest BCUT2D eigenvalue weighted by Crippen LogP contribution is -2.38. The van der Waals surface area contributed by atoms with Gasteiger partial charge in [0, 0.05) is 55.7 Å². The minimum absolute atomic E-state index is 0.185. The summed E-state index contributed by atoms with van der Waals surface area (Å²) in [5.41, 5.74) is 26.7. The first-order valence-corrected chi connectivity index (χ1v) is 22.4. The molecule has 3 aromatic heterocycles. The Morgan fingerprint density at radius 2 is 0.716 bits per heavy atom. The second-order valence-corrected chi connectivity index (χ2v) is 17.4. The van der Waals surface area contributed by atoms with Gasteiger partial charge in [-0.3, -0.25) is 9.59 Å². The fraction of sp³-hybridized carbons (Fsp3) is 0.103. The number of nitrogens with one attached hydrogen (secondary N) is 4. The van der Waals surface area contributed by atoms with Crippen LogP contribution in [0.2, 0.25) is 0 Å². The van der Waals surface area contributed by atoms with Crippen LogP contribution in [0.4, 0.5) is 11.4 Å². The molecule has 2 aliphatic heterocycles. The highest BCUT2D eigenvalue weighted by Gasteiger charge is 2.21. The van der Waals surface area contributed by atoms with Gasteiger partial charge in [-0.25, -0.2) is 9.97 Å². The predicted molar refractivity (Wildman–Crippen MR) is 276 cm³/mol. The number of carbonyl (C=O) groups is 2. The van der Waals surface area contributed by atoms with Crippen molar-refractivity contribution in [1.82, 2.24) is 19.9 Å². The van der Waals surface area contributed by atoms with Crippen LogP contribution in [-0.4, -0.2) is 37.8 Å². The first-order valence-electron chi connectivity index (χ1n) is 22.4. The summed E-state index contributed by atoms with van der Waals surface area (Å²) < 4.78 is 0. The number of amides is 2. The zero-order valence-electron chi connectivity index (χ0n) is 37.7. The van der Waals surface area contributed by atoms with E-state index in [1.807, 2.05) is 43.3 Å². The molecular weight excluding hydrogens is 827 g/mol. The lowest BCUT2D eigenvalue weighted by atomic mass is 10.0. The number of nitrogens with zero attached hydrogens (tertiary/aromatic N) is 2. The van der Waals surface area contributed by atoms with Gasteiger partial charge in [0.2, 0.25) is 11.8 Å². The van der Waals surface area contributed by atoms with E-state index in [0.29, 0.717) is 11.4 Å². The molecule has 2 aliphatic rings. The summed E-state index contributed by atoms with van der Waals surface area (Å²) in [6.45, 7) is 8.26.